The van der Waals surface area contributed by atoms with Crippen LogP contribution in [0.2, 0.25) is 0 Å². The van der Waals surface area contributed by atoms with Crippen LogP contribution < -0.4 is 0 Å². The normalized spacial score (nSPS) is 26.5. The predicted octanol–water partition coefficient (Wildman–Crippen LogP) is 2.26. The van der Waals surface area contributed by atoms with Crippen LogP contribution >= 0.6 is 11.3 Å². The summed E-state index contributed by atoms with van der Waals surface area (Å²) in [7, 11) is -1.32. The highest BCUT2D eigenvalue weighted by molar-refractivity contribution is 7.91. The molecule has 2 saturated heterocycles. The second kappa shape index (κ2) is 5.70. The topological polar surface area (TPSA) is 66.7 Å². The first-order valence-corrected chi connectivity index (χ1v) is 10.0. The van der Waals surface area contributed by atoms with Crippen LogP contribution in [0.3, 0.4) is 0 Å². The van der Waals surface area contributed by atoms with Crippen molar-refractivity contribution in [3.8, 4) is 10.6 Å². The van der Waals surface area contributed by atoms with Gasteiger partial charge in [0.2, 0.25) is 0 Å². The van der Waals surface area contributed by atoms with Gasteiger partial charge in [-0.25, -0.2) is 13.4 Å². The van der Waals surface area contributed by atoms with Gasteiger partial charge in [-0.15, -0.1) is 11.3 Å². The monoisotopic (exact) mass is 353 g/mol. The molecule has 2 bridgehead atoms. The smallest absolute Gasteiger partial charge is 0.252 e. The first-order valence-electron chi connectivity index (χ1n) is 7.76. The molecule has 0 spiro atoms. The molecule has 2 fully saturated rings. The van der Waals surface area contributed by atoms with Gasteiger partial charge < -0.3 is 4.42 Å². The lowest BCUT2D eigenvalue weighted by Gasteiger charge is -2.24. The fraction of sp³-hybridized carbons (Fsp3) is 0.533. The summed E-state index contributed by atoms with van der Waals surface area (Å²) in [4.78, 5) is 7.02. The van der Waals surface area contributed by atoms with Crippen LogP contribution in [0.4, 0.5) is 0 Å². The summed E-state index contributed by atoms with van der Waals surface area (Å²) in [5, 5.41) is 0. The Morgan fingerprint density at radius 2 is 2.09 bits per heavy atom. The summed E-state index contributed by atoms with van der Waals surface area (Å²) in [5.74, 6) is 0.603. The van der Waals surface area contributed by atoms with Crippen molar-refractivity contribution in [1.29, 1.82) is 0 Å². The number of rotatable bonds is 3. The van der Waals surface area contributed by atoms with Gasteiger partial charge in [0.25, 0.3) is 10.0 Å². The molecular weight excluding hydrogens is 334 g/mol. The zero-order chi connectivity index (χ0) is 16.0. The molecule has 0 aromatic carbocycles. The number of hydrogen-bond donors (Lipinski definition) is 0. The summed E-state index contributed by atoms with van der Waals surface area (Å²) in [6.07, 6.45) is 6.13. The van der Waals surface area contributed by atoms with Gasteiger partial charge in [0, 0.05) is 25.2 Å². The Bertz CT molecular complexity index is 785. The van der Waals surface area contributed by atoms with Crippen molar-refractivity contribution >= 4 is 21.4 Å². The van der Waals surface area contributed by atoms with Gasteiger partial charge in [-0.05, 0) is 38.4 Å². The minimum atomic E-state index is -3.44. The van der Waals surface area contributed by atoms with Gasteiger partial charge in [-0.2, -0.15) is 4.31 Å². The maximum absolute atomic E-state index is 13.0. The lowest BCUT2D eigenvalue weighted by molar-refractivity contribution is 0.247. The second-order valence-electron chi connectivity index (χ2n) is 6.19. The van der Waals surface area contributed by atoms with E-state index in [9.17, 15) is 8.42 Å². The molecule has 2 atom stereocenters. The van der Waals surface area contributed by atoms with E-state index in [0.717, 1.165) is 17.7 Å². The average Bonchev–Trinajstić information content (AvgIpc) is 3.21. The predicted molar refractivity (Wildman–Crippen MR) is 87.8 cm³/mol. The Hall–Kier alpha value is -1.22. The molecule has 2 aromatic heterocycles. The number of hydrogen-bond acceptors (Lipinski definition) is 6. The highest BCUT2D eigenvalue weighted by Crippen LogP contribution is 2.35. The lowest BCUT2D eigenvalue weighted by Crippen LogP contribution is -2.39. The van der Waals surface area contributed by atoms with E-state index >= 15 is 0 Å². The molecule has 23 heavy (non-hydrogen) atoms. The van der Waals surface area contributed by atoms with Crippen molar-refractivity contribution in [1.82, 2.24) is 14.2 Å². The van der Waals surface area contributed by atoms with Gasteiger partial charge in [0.05, 0.1) is 11.1 Å². The summed E-state index contributed by atoms with van der Waals surface area (Å²) < 4.78 is 33.2. The molecule has 8 heteroatoms. The molecule has 0 N–H and O–H groups in total. The van der Waals surface area contributed by atoms with Crippen LogP contribution in [0.5, 0.6) is 0 Å². The zero-order valence-corrected chi connectivity index (χ0v) is 14.5. The fourth-order valence-corrected chi connectivity index (χ4v) is 6.46. The summed E-state index contributed by atoms with van der Waals surface area (Å²) in [5.41, 5.74) is 0. The number of sulfonamides is 1. The van der Waals surface area contributed by atoms with Crippen LogP contribution in [-0.2, 0) is 10.0 Å². The fourth-order valence-electron chi connectivity index (χ4n) is 3.55. The van der Waals surface area contributed by atoms with Gasteiger partial charge in [0.1, 0.15) is 4.21 Å². The van der Waals surface area contributed by atoms with E-state index in [-0.39, 0.29) is 0 Å². The molecule has 4 rings (SSSR count). The molecule has 2 aliphatic heterocycles. The molecule has 0 radical (unpaired) electrons. The highest BCUT2D eigenvalue weighted by atomic mass is 32.2. The Balaban J connectivity index is 1.60. The third-order valence-corrected chi connectivity index (χ3v) is 8.39. The third kappa shape index (κ3) is 2.63. The number of thiophene rings is 1. The first kappa shape index (κ1) is 15.3. The largest absolute Gasteiger partial charge is 0.443 e. The van der Waals surface area contributed by atoms with Gasteiger partial charge in [0.15, 0.2) is 12.2 Å². The SMILES string of the molecule is CN1[C@H]2CC[C@@H]1CN(S(=O)(=O)c1ccc(-c3cnco3)s1)CC2. The van der Waals surface area contributed by atoms with Crippen LogP contribution in [-0.4, -0.2) is 54.8 Å². The van der Waals surface area contributed by atoms with Crippen molar-refractivity contribution in [2.75, 3.05) is 20.1 Å². The maximum atomic E-state index is 13.0. The van der Waals surface area contributed by atoms with Crippen LogP contribution in [0, 0.1) is 0 Å². The average molecular weight is 353 g/mol. The number of oxazole rings is 1. The van der Waals surface area contributed by atoms with Crippen molar-refractivity contribution < 1.29 is 12.8 Å². The van der Waals surface area contributed by atoms with Crippen LogP contribution in [0.15, 0.2) is 33.3 Å². The quantitative estimate of drug-likeness (QED) is 0.847. The molecule has 2 aromatic rings. The molecule has 0 amide bonds. The summed E-state index contributed by atoms with van der Waals surface area (Å²) in [6.45, 7) is 1.19. The van der Waals surface area contributed by atoms with E-state index in [1.54, 1.807) is 22.6 Å². The van der Waals surface area contributed by atoms with Gasteiger partial charge in [-0.3, -0.25) is 4.90 Å². The third-order valence-electron chi connectivity index (χ3n) is 4.96. The van der Waals surface area contributed by atoms with Crippen molar-refractivity contribution in [2.24, 2.45) is 0 Å². The molecule has 124 valence electrons. The van der Waals surface area contributed by atoms with Crippen LogP contribution in [0.1, 0.15) is 19.3 Å². The van der Waals surface area contributed by atoms with E-state index < -0.39 is 10.0 Å². The van der Waals surface area contributed by atoms with Crippen molar-refractivity contribution in [3.63, 3.8) is 0 Å². The number of nitrogens with zero attached hydrogens (tertiary/aromatic N) is 3. The van der Waals surface area contributed by atoms with Gasteiger partial charge in [-0.1, -0.05) is 0 Å². The van der Waals surface area contributed by atoms with Crippen molar-refractivity contribution in [2.45, 2.75) is 35.6 Å². The number of likely N-dealkylation sites (N-methyl/N-ethyl adjacent to an activating group) is 1. The summed E-state index contributed by atoms with van der Waals surface area (Å²) in [6, 6.07) is 4.32. The van der Waals surface area contributed by atoms with E-state index in [0.29, 0.717) is 35.1 Å². The standard InChI is InChI=1S/C15H19N3O3S2/c1-17-11-2-3-12(17)9-18(7-6-11)23(19,20)15-5-4-14(22-15)13-8-16-10-21-13/h4-5,8,10-12H,2-3,6-7,9H2,1H3/t11-,12+/m0/s1. The second-order valence-corrected chi connectivity index (χ2v) is 9.44. The Labute approximate surface area is 139 Å². The first-order chi connectivity index (χ1) is 11.1. The van der Waals surface area contributed by atoms with E-state index in [2.05, 4.69) is 16.9 Å². The number of fused-ring (bicyclic) bond motifs is 2. The minimum Gasteiger partial charge on any atom is -0.443 e. The van der Waals surface area contributed by atoms with Gasteiger partial charge >= 0.3 is 0 Å². The van der Waals surface area contributed by atoms with E-state index in [1.165, 1.54) is 24.2 Å². The molecule has 4 heterocycles. The molecule has 0 unspecified atom stereocenters. The molecule has 0 saturated carbocycles. The summed E-state index contributed by atoms with van der Waals surface area (Å²) >= 11 is 1.24. The van der Waals surface area contributed by atoms with E-state index in [1.807, 2.05) is 0 Å². The zero-order valence-electron chi connectivity index (χ0n) is 12.9. The lowest BCUT2D eigenvalue weighted by atomic mass is 10.1. The maximum Gasteiger partial charge on any atom is 0.252 e. The molecule has 6 nitrogen and oxygen atoms in total. The Morgan fingerprint density at radius 1 is 1.26 bits per heavy atom. The molecule has 0 aliphatic carbocycles. The molecule has 2 aliphatic rings. The number of aromatic nitrogens is 1. The highest BCUT2D eigenvalue weighted by Gasteiger charge is 2.39. The van der Waals surface area contributed by atoms with Crippen LogP contribution in [0.25, 0.3) is 10.6 Å². The van der Waals surface area contributed by atoms with Crippen molar-refractivity contribution in [3.05, 3.63) is 24.7 Å². The van der Waals surface area contributed by atoms with E-state index in [4.69, 9.17) is 4.42 Å². The Morgan fingerprint density at radius 3 is 2.87 bits per heavy atom. The Kier molecular flexibility index (Phi) is 3.79. The molecular formula is C15H19N3O3S2. The minimum absolute atomic E-state index is 0.339.